The van der Waals surface area contributed by atoms with Crippen LogP contribution in [0.1, 0.15) is 48.8 Å². The molecule has 2 aliphatic rings. The Hall–Kier alpha value is -2.27. The molecule has 10 nitrogen and oxygen atoms in total. The summed E-state index contributed by atoms with van der Waals surface area (Å²) in [5, 5.41) is 8.12. The average molecular weight is 423 g/mol. The minimum absolute atomic E-state index is 0.0346. The Labute approximate surface area is 169 Å². The van der Waals surface area contributed by atoms with Crippen molar-refractivity contribution in [1.82, 2.24) is 29.5 Å². The number of carbonyl (C=O) groups excluding carboxylic acids is 1. The first-order valence-corrected chi connectivity index (χ1v) is 11.5. The van der Waals surface area contributed by atoms with E-state index in [1.807, 2.05) is 6.92 Å². The largest absolute Gasteiger partial charge is 0.339 e. The van der Waals surface area contributed by atoms with E-state index < -0.39 is 15.4 Å². The van der Waals surface area contributed by atoms with E-state index in [1.165, 1.54) is 0 Å². The van der Waals surface area contributed by atoms with Crippen molar-refractivity contribution < 1.29 is 17.7 Å². The van der Waals surface area contributed by atoms with Gasteiger partial charge in [-0.2, -0.15) is 10.1 Å². The summed E-state index contributed by atoms with van der Waals surface area (Å²) in [6.45, 7) is 6.96. The first-order chi connectivity index (χ1) is 13.8. The lowest BCUT2D eigenvalue weighted by molar-refractivity contribution is 0.0773. The van der Waals surface area contributed by atoms with Gasteiger partial charge in [-0.05, 0) is 39.5 Å². The van der Waals surface area contributed by atoms with Gasteiger partial charge in [-0.25, -0.2) is 13.1 Å². The van der Waals surface area contributed by atoms with E-state index >= 15 is 0 Å². The van der Waals surface area contributed by atoms with E-state index in [-0.39, 0.29) is 23.6 Å². The molecule has 158 valence electrons. The summed E-state index contributed by atoms with van der Waals surface area (Å²) in [4.78, 5) is 19.3. The Bertz CT molecular complexity index is 1020. The third kappa shape index (κ3) is 3.57. The summed E-state index contributed by atoms with van der Waals surface area (Å²) < 4.78 is 34.2. The molecular weight excluding hydrogens is 396 g/mol. The van der Waals surface area contributed by atoms with Gasteiger partial charge in [0.15, 0.2) is 5.82 Å². The summed E-state index contributed by atoms with van der Waals surface area (Å²) >= 11 is 0. The first kappa shape index (κ1) is 20.0. The Balaban J connectivity index is 1.60. The zero-order valence-corrected chi connectivity index (χ0v) is 17.6. The van der Waals surface area contributed by atoms with Gasteiger partial charge in [-0.3, -0.25) is 9.48 Å². The van der Waals surface area contributed by atoms with Crippen molar-refractivity contribution in [3.05, 3.63) is 29.7 Å². The first-order valence-electron chi connectivity index (χ1n) is 9.89. The number of amides is 1. The molecule has 1 aliphatic heterocycles. The molecule has 0 spiro atoms. The standard InChI is InChI=1S/C18H26N6O4S/c1-4-24-9-13(8-19-24)16(25)23-10-14-6-15(22-29(26,27)5-2)7-18(14,11-23)17-20-12(3)21-28-17/h8-9,14-15,22H,4-7,10-11H2,1-3H3/t14?,15-,18+/m1/s1. The van der Waals surface area contributed by atoms with E-state index in [1.54, 1.807) is 35.8 Å². The fourth-order valence-electron chi connectivity index (χ4n) is 4.61. The van der Waals surface area contributed by atoms with Crippen LogP contribution in [0.3, 0.4) is 0 Å². The van der Waals surface area contributed by atoms with Gasteiger partial charge in [0, 0.05) is 31.9 Å². The molecule has 1 N–H and O–H groups in total. The van der Waals surface area contributed by atoms with E-state index in [0.717, 1.165) is 0 Å². The molecule has 1 saturated carbocycles. The summed E-state index contributed by atoms with van der Waals surface area (Å²) in [7, 11) is -3.32. The number of aromatic nitrogens is 4. The number of nitrogens with one attached hydrogen (secondary N) is 1. The van der Waals surface area contributed by atoms with Crippen LogP contribution in [0.15, 0.2) is 16.9 Å². The molecule has 11 heteroatoms. The van der Waals surface area contributed by atoms with Crippen LogP contribution >= 0.6 is 0 Å². The van der Waals surface area contributed by atoms with Crippen LogP contribution in [0.2, 0.25) is 0 Å². The molecule has 2 fully saturated rings. The van der Waals surface area contributed by atoms with E-state index in [2.05, 4.69) is 20.0 Å². The smallest absolute Gasteiger partial charge is 0.257 e. The van der Waals surface area contributed by atoms with Crippen molar-refractivity contribution in [3.63, 3.8) is 0 Å². The summed E-state index contributed by atoms with van der Waals surface area (Å²) in [6.07, 6.45) is 4.48. The molecule has 2 aromatic rings. The fourth-order valence-corrected chi connectivity index (χ4v) is 5.47. The Morgan fingerprint density at radius 2 is 2.21 bits per heavy atom. The third-order valence-electron chi connectivity index (χ3n) is 6.05. The van der Waals surface area contributed by atoms with Gasteiger partial charge >= 0.3 is 0 Å². The van der Waals surface area contributed by atoms with Crippen LogP contribution in [0.4, 0.5) is 0 Å². The number of rotatable bonds is 6. The van der Waals surface area contributed by atoms with E-state index in [9.17, 15) is 13.2 Å². The molecular formula is C18H26N6O4S. The van der Waals surface area contributed by atoms with Crippen molar-refractivity contribution in [1.29, 1.82) is 0 Å². The number of hydrogen-bond donors (Lipinski definition) is 1. The van der Waals surface area contributed by atoms with Crippen LogP contribution in [0.25, 0.3) is 0 Å². The van der Waals surface area contributed by atoms with Crippen LogP contribution in [-0.4, -0.2) is 64.0 Å². The van der Waals surface area contributed by atoms with Crippen molar-refractivity contribution in [2.45, 2.75) is 51.6 Å². The number of aryl methyl sites for hydroxylation is 2. The SMILES string of the molecule is CCn1cc(C(=O)N2CC3C[C@@H](NS(=O)(=O)CC)C[C@]3(c3nc(C)no3)C2)cn1. The molecule has 0 bridgehead atoms. The quantitative estimate of drug-likeness (QED) is 0.727. The molecule has 1 aliphatic carbocycles. The van der Waals surface area contributed by atoms with Gasteiger partial charge < -0.3 is 9.42 Å². The molecule has 29 heavy (non-hydrogen) atoms. The van der Waals surface area contributed by atoms with E-state index in [0.29, 0.717) is 49.8 Å². The molecule has 1 amide bonds. The Morgan fingerprint density at radius 3 is 2.83 bits per heavy atom. The lowest BCUT2D eigenvalue weighted by atomic mass is 9.80. The summed E-state index contributed by atoms with van der Waals surface area (Å²) in [5.74, 6) is 1.00. The van der Waals surface area contributed by atoms with Gasteiger partial charge in [0.1, 0.15) is 0 Å². The number of hydrogen-bond acceptors (Lipinski definition) is 7. The highest BCUT2D eigenvalue weighted by atomic mass is 32.2. The zero-order valence-electron chi connectivity index (χ0n) is 16.8. The van der Waals surface area contributed by atoms with Crippen LogP contribution in [0, 0.1) is 12.8 Å². The van der Waals surface area contributed by atoms with Crippen LogP contribution in [0.5, 0.6) is 0 Å². The maximum atomic E-state index is 13.0. The summed E-state index contributed by atoms with van der Waals surface area (Å²) in [6, 6.07) is -0.211. The monoisotopic (exact) mass is 422 g/mol. The minimum atomic E-state index is -3.32. The maximum absolute atomic E-state index is 13.0. The second kappa shape index (κ2) is 7.21. The second-order valence-electron chi connectivity index (χ2n) is 7.93. The average Bonchev–Trinajstić information content (AvgIpc) is 3.43. The number of carbonyl (C=O) groups is 1. The number of likely N-dealkylation sites (tertiary alicyclic amines) is 1. The fraction of sp³-hybridized carbons (Fsp3) is 0.667. The Kier molecular flexibility index (Phi) is 4.97. The minimum Gasteiger partial charge on any atom is -0.339 e. The molecule has 1 saturated heterocycles. The summed E-state index contributed by atoms with van der Waals surface area (Å²) in [5.41, 5.74) is 0.00502. The molecule has 2 aromatic heterocycles. The highest BCUT2D eigenvalue weighted by Gasteiger charge is 2.58. The highest BCUT2D eigenvalue weighted by molar-refractivity contribution is 7.89. The van der Waals surface area contributed by atoms with E-state index in [4.69, 9.17) is 4.52 Å². The van der Waals surface area contributed by atoms with Gasteiger partial charge in [0.25, 0.3) is 5.91 Å². The third-order valence-corrected chi connectivity index (χ3v) is 7.50. The van der Waals surface area contributed by atoms with Crippen molar-refractivity contribution in [2.24, 2.45) is 5.92 Å². The number of fused-ring (bicyclic) bond motifs is 1. The van der Waals surface area contributed by atoms with Gasteiger partial charge in [-0.15, -0.1) is 0 Å². The maximum Gasteiger partial charge on any atom is 0.257 e. The molecule has 3 heterocycles. The predicted octanol–water partition coefficient (Wildman–Crippen LogP) is 0.706. The highest BCUT2D eigenvalue weighted by Crippen LogP contribution is 2.50. The number of sulfonamides is 1. The normalized spacial score (nSPS) is 26.8. The predicted molar refractivity (Wildman–Crippen MR) is 104 cm³/mol. The molecule has 0 radical (unpaired) electrons. The van der Waals surface area contributed by atoms with Gasteiger partial charge in [0.2, 0.25) is 15.9 Å². The van der Waals surface area contributed by atoms with Crippen LogP contribution < -0.4 is 4.72 Å². The van der Waals surface area contributed by atoms with Crippen molar-refractivity contribution >= 4 is 15.9 Å². The van der Waals surface area contributed by atoms with Crippen LogP contribution in [-0.2, 0) is 22.0 Å². The molecule has 3 atom stereocenters. The Morgan fingerprint density at radius 1 is 1.41 bits per heavy atom. The second-order valence-corrected chi connectivity index (χ2v) is 9.97. The van der Waals surface area contributed by atoms with Crippen molar-refractivity contribution in [2.75, 3.05) is 18.8 Å². The van der Waals surface area contributed by atoms with Crippen molar-refractivity contribution in [3.8, 4) is 0 Å². The molecule has 0 aromatic carbocycles. The zero-order chi connectivity index (χ0) is 20.8. The van der Waals surface area contributed by atoms with Gasteiger partial charge in [-0.1, -0.05) is 5.16 Å². The molecule has 4 rings (SSSR count). The lowest BCUT2D eigenvalue weighted by Gasteiger charge is -2.25. The topological polar surface area (TPSA) is 123 Å². The lowest BCUT2D eigenvalue weighted by Crippen LogP contribution is -2.39. The molecule has 1 unspecified atom stereocenters. The van der Waals surface area contributed by atoms with Gasteiger partial charge in [0.05, 0.1) is 22.9 Å². The number of nitrogens with zero attached hydrogens (tertiary/aromatic N) is 5.